The Balaban J connectivity index is 1.58. The molecule has 1 aliphatic heterocycles. The van der Waals surface area contributed by atoms with Gasteiger partial charge in [-0.05, 0) is 19.1 Å². The van der Waals surface area contributed by atoms with Crippen molar-refractivity contribution in [2.24, 2.45) is 5.92 Å². The Morgan fingerprint density at radius 3 is 2.78 bits per heavy atom. The lowest BCUT2D eigenvalue weighted by Gasteiger charge is -2.37. The summed E-state index contributed by atoms with van der Waals surface area (Å²) in [5, 5.41) is 15.4. The van der Waals surface area contributed by atoms with Crippen molar-refractivity contribution in [2.45, 2.75) is 6.92 Å². The fraction of sp³-hybridized carbons (Fsp3) is 0.250. The van der Waals surface area contributed by atoms with E-state index in [9.17, 15) is 9.59 Å². The number of carbonyl (C=O) groups is 2. The van der Waals surface area contributed by atoms with Crippen molar-refractivity contribution in [1.82, 2.24) is 10.1 Å². The second-order valence-electron chi connectivity index (χ2n) is 5.38. The van der Waals surface area contributed by atoms with Crippen molar-refractivity contribution in [1.29, 1.82) is 5.26 Å². The molecule has 0 saturated carbocycles. The van der Waals surface area contributed by atoms with E-state index in [2.05, 4.69) is 10.5 Å². The number of likely N-dealkylation sites (tertiary alicyclic amines) is 1. The quantitative estimate of drug-likeness (QED) is 0.927. The number of hydrogen-bond donors (Lipinski definition) is 1. The van der Waals surface area contributed by atoms with E-state index in [1.54, 1.807) is 37.3 Å². The molecule has 1 saturated heterocycles. The maximum Gasteiger partial charge on any atom is 0.276 e. The molecule has 0 unspecified atom stereocenters. The monoisotopic (exact) mass is 310 g/mol. The molecule has 1 aliphatic rings. The first-order valence-corrected chi connectivity index (χ1v) is 7.11. The van der Waals surface area contributed by atoms with Crippen LogP contribution in [0.1, 0.15) is 21.8 Å². The molecule has 23 heavy (non-hydrogen) atoms. The first-order chi connectivity index (χ1) is 11.1. The van der Waals surface area contributed by atoms with Crippen LogP contribution >= 0.6 is 0 Å². The van der Waals surface area contributed by atoms with Crippen LogP contribution < -0.4 is 5.32 Å². The number of hydrogen-bond acceptors (Lipinski definition) is 5. The molecule has 116 valence electrons. The van der Waals surface area contributed by atoms with Gasteiger partial charge in [-0.15, -0.1) is 0 Å². The molecule has 7 heteroatoms. The minimum Gasteiger partial charge on any atom is -0.361 e. The largest absolute Gasteiger partial charge is 0.361 e. The number of nitrogens with one attached hydrogen (secondary N) is 1. The summed E-state index contributed by atoms with van der Waals surface area (Å²) in [6.45, 7) is 2.36. The molecule has 2 heterocycles. The molecule has 1 fully saturated rings. The van der Waals surface area contributed by atoms with Gasteiger partial charge in [-0.1, -0.05) is 17.3 Å². The van der Waals surface area contributed by atoms with E-state index in [0.717, 1.165) is 0 Å². The number of amides is 2. The van der Waals surface area contributed by atoms with Gasteiger partial charge in [-0.25, -0.2) is 0 Å². The van der Waals surface area contributed by atoms with Crippen LogP contribution in [-0.2, 0) is 4.79 Å². The van der Waals surface area contributed by atoms with Crippen molar-refractivity contribution in [3.05, 3.63) is 47.3 Å². The van der Waals surface area contributed by atoms with Crippen molar-refractivity contribution in [2.75, 3.05) is 18.4 Å². The Kier molecular flexibility index (Phi) is 3.81. The van der Waals surface area contributed by atoms with Gasteiger partial charge in [-0.3, -0.25) is 9.59 Å². The standard InChI is InChI=1S/C16H14N4O3/c1-10-6-14(19-23-10)16(22)20-8-12(9-20)15(21)18-13-5-3-2-4-11(13)7-17/h2-6,12H,8-9H2,1H3,(H,18,21). The zero-order valence-corrected chi connectivity index (χ0v) is 12.4. The molecule has 7 nitrogen and oxygen atoms in total. The fourth-order valence-corrected chi connectivity index (χ4v) is 2.36. The van der Waals surface area contributed by atoms with Gasteiger partial charge in [0, 0.05) is 19.2 Å². The first-order valence-electron chi connectivity index (χ1n) is 7.11. The molecule has 0 bridgehead atoms. The van der Waals surface area contributed by atoms with Gasteiger partial charge in [0.05, 0.1) is 17.2 Å². The highest BCUT2D eigenvalue weighted by atomic mass is 16.5. The average Bonchev–Trinajstić information content (AvgIpc) is 2.93. The van der Waals surface area contributed by atoms with E-state index in [4.69, 9.17) is 9.78 Å². The smallest absolute Gasteiger partial charge is 0.276 e. The third kappa shape index (κ3) is 2.92. The van der Waals surface area contributed by atoms with Gasteiger partial charge in [0.15, 0.2) is 5.69 Å². The van der Waals surface area contributed by atoms with Gasteiger partial charge in [0.25, 0.3) is 5.91 Å². The van der Waals surface area contributed by atoms with E-state index in [0.29, 0.717) is 30.1 Å². The second-order valence-corrected chi connectivity index (χ2v) is 5.38. The highest BCUT2D eigenvalue weighted by molar-refractivity contribution is 5.98. The summed E-state index contributed by atoms with van der Waals surface area (Å²) in [4.78, 5) is 25.8. The lowest BCUT2D eigenvalue weighted by atomic mass is 9.98. The predicted molar refractivity (Wildman–Crippen MR) is 80.4 cm³/mol. The molecule has 1 aromatic heterocycles. The second kappa shape index (κ2) is 5.93. The number of nitriles is 1. The first kappa shape index (κ1) is 14.8. The third-order valence-electron chi connectivity index (χ3n) is 3.69. The van der Waals surface area contributed by atoms with Crippen LogP contribution in [-0.4, -0.2) is 35.0 Å². The zero-order chi connectivity index (χ0) is 16.4. The number of nitrogens with zero attached hydrogens (tertiary/aromatic N) is 3. The van der Waals surface area contributed by atoms with Crippen molar-refractivity contribution in [3.63, 3.8) is 0 Å². The molecule has 1 N–H and O–H groups in total. The van der Waals surface area contributed by atoms with Crippen molar-refractivity contribution >= 4 is 17.5 Å². The predicted octanol–water partition coefficient (Wildman–Crippen LogP) is 1.57. The number of para-hydroxylation sites is 1. The summed E-state index contributed by atoms with van der Waals surface area (Å²) in [6.07, 6.45) is 0. The number of aromatic nitrogens is 1. The zero-order valence-electron chi connectivity index (χ0n) is 12.4. The SMILES string of the molecule is Cc1cc(C(=O)N2CC(C(=O)Nc3ccccc3C#N)C2)no1. The highest BCUT2D eigenvalue weighted by Gasteiger charge is 2.37. The van der Waals surface area contributed by atoms with Gasteiger partial charge >= 0.3 is 0 Å². The summed E-state index contributed by atoms with van der Waals surface area (Å²) >= 11 is 0. The van der Waals surface area contributed by atoms with E-state index in [-0.39, 0.29) is 23.4 Å². The Bertz CT molecular complexity index is 800. The number of carbonyl (C=O) groups excluding carboxylic acids is 2. The van der Waals surface area contributed by atoms with Crippen molar-refractivity contribution in [3.8, 4) is 6.07 Å². The van der Waals surface area contributed by atoms with Crippen LogP contribution in [0.5, 0.6) is 0 Å². The Morgan fingerprint density at radius 1 is 1.39 bits per heavy atom. The summed E-state index contributed by atoms with van der Waals surface area (Å²) in [7, 11) is 0. The summed E-state index contributed by atoms with van der Waals surface area (Å²) in [5.41, 5.74) is 1.14. The van der Waals surface area contributed by atoms with E-state index in [1.807, 2.05) is 6.07 Å². The lowest BCUT2D eigenvalue weighted by molar-refractivity contribution is -0.123. The molecular weight excluding hydrogens is 296 g/mol. The number of rotatable bonds is 3. The van der Waals surface area contributed by atoms with Crippen LogP contribution in [0.15, 0.2) is 34.9 Å². The maximum absolute atomic E-state index is 12.2. The van der Waals surface area contributed by atoms with Gasteiger partial charge in [0.1, 0.15) is 11.8 Å². The summed E-state index contributed by atoms with van der Waals surface area (Å²) in [6, 6.07) is 10.4. The number of aryl methyl sites for hydroxylation is 1. The van der Waals surface area contributed by atoms with Crippen LogP contribution in [0.25, 0.3) is 0 Å². The van der Waals surface area contributed by atoms with Gasteiger partial charge in [0.2, 0.25) is 5.91 Å². The van der Waals surface area contributed by atoms with Crippen molar-refractivity contribution < 1.29 is 14.1 Å². The minimum atomic E-state index is -0.293. The highest BCUT2D eigenvalue weighted by Crippen LogP contribution is 2.21. The molecule has 2 aromatic rings. The summed E-state index contributed by atoms with van der Waals surface area (Å²) < 4.78 is 4.88. The Morgan fingerprint density at radius 2 is 2.13 bits per heavy atom. The van der Waals surface area contributed by atoms with Gasteiger partial charge < -0.3 is 14.7 Å². The van der Waals surface area contributed by atoms with Crippen LogP contribution in [0.3, 0.4) is 0 Å². The molecule has 0 radical (unpaired) electrons. The van der Waals surface area contributed by atoms with Gasteiger partial charge in [-0.2, -0.15) is 5.26 Å². The average molecular weight is 310 g/mol. The normalized spacial score (nSPS) is 14.0. The fourth-order valence-electron chi connectivity index (χ4n) is 2.36. The maximum atomic E-state index is 12.2. The Hall–Kier alpha value is -3.14. The topological polar surface area (TPSA) is 99.2 Å². The molecule has 0 spiro atoms. The molecule has 1 aromatic carbocycles. The molecule has 2 amide bonds. The third-order valence-corrected chi connectivity index (χ3v) is 3.69. The minimum absolute atomic E-state index is 0.201. The van der Waals surface area contributed by atoms with E-state index in [1.165, 1.54) is 4.90 Å². The van der Waals surface area contributed by atoms with Crippen LogP contribution in [0.2, 0.25) is 0 Å². The Labute approximate surface area is 132 Å². The summed E-state index contributed by atoms with van der Waals surface area (Å²) in [5.74, 6) is -0.175. The molecular formula is C16H14N4O3. The molecule has 3 rings (SSSR count). The van der Waals surface area contributed by atoms with E-state index < -0.39 is 0 Å². The molecule has 0 aliphatic carbocycles. The lowest BCUT2D eigenvalue weighted by Crippen LogP contribution is -2.54. The number of benzene rings is 1. The van der Waals surface area contributed by atoms with E-state index >= 15 is 0 Å². The van der Waals surface area contributed by atoms with Crippen LogP contribution in [0.4, 0.5) is 5.69 Å². The number of anilines is 1. The molecule has 0 atom stereocenters. The van der Waals surface area contributed by atoms with Crippen LogP contribution in [0, 0.1) is 24.2 Å².